The summed E-state index contributed by atoms with van der Waals surface area (Å²) in [5.41, 5.74) is 0. The Morgan fingerprint density at radius 1 is 1.21 bits per heavy atom. The van der Waals surface area contributed by atoms with Gasteiger partial charge in [-0.05, 0) is 19.8 Å². The lowest BCUT2D eigenvalue weighted by Crippen LogP contribution is -2.58. The van der Waals surface area contributed by atoms with Crippen LogP contribution in [-0.2, 0) is 18.9 Å². The van der Waals surface area contributed by atoms with Gasteiger partial charge in [0.2, 0.25) is 0 Å². The Labute approximate surface area is 113 Å². The molecular formula is C13H24O6. The first-order chi connectivity index (χ1) is 8.84. The fourth-order valence-electron chi connectivity index (χ4n) is 2.43. The van der Waals surface area contributed by atoms with Gasteiger partial charge in [-0.2, -0.15) is 0 Å². The van der Waals surface area contributed by atoms with E-state index < -0.39 is 36.5 Å². The van der Waals surface area contributed by atoms with Crippen LogP contribution >= 0.6 is 0 Å². The molecule has 0 bridgehead atoms. The average Bonchev–Trinajstić information content (AvgIpc) is 2.64. The van der Waals surface area contributed by atoms with Crippen molar-refractivity contribution in [2.45, 2.75) is 64.2 Å². The Hall–Kier alpha value is -0.240. The van der Waals surface area contributed by atoms with Gasteiger partial charge in [-0.3, -0.25) is 0 Å². The number of fused-ring (bicyclic) bond motifs is 1. The van der Waals surface area contributed by atoms with Gasteiger partial charge in [-0.25, -0.2) is 0 Å². The Kier molecular flexibility index (Phi) is 4.49. The molecule has 5 atom stereocenters. The molecule has 0 spiro atoms. The van der Waals surface area contributed by atoms with Crippen molar-refractivity contribution in [1.82, 2.24) is 0 Å². The molecule has 2 rings (SSSR count). The Balaban J connectivity index is 2.06. The van der Waals surface area contributed by atoms with E-state index in [2.05, 4.69) is 0 Å². The summed E-state index contributed by atoms with van der Waals surface area (Å²) >= 11 is 0. The van der Waals surface area contributed by atoms with Crippen LogP contribution in [0, 0.1) is 5.92 Å². The minimum Gasteiger partial charge on any atom is -0.394 e. The van der Waals surface area contributed by atoms with Gasteiger partial charge in [-0.15, -0.1) is 0 Å². The van der Waals surface area contributed by atoms with Crippen molar-refractivity contribution in [2.75, 3.05) is 13.2 Å². The molecule has 0 aromatic rings. The number of rotatable bonds is 4. The second-order valence-electron chi connectivity index (χ2n) is 6.01. The summed E-state index contributed by atoms with van der Waals surface area (Å²) in [5.74, 6) is -0.460. The third-order valence-corrected chi connectivity index (χ3v) is 3.23. The lowest BCUT2D eigenvalue weighted by molar-refractivity contribution is -0.284. The van der Waals surface area contributed by atoms with E-state index in [0.29, 0.717) is 12.5 Å². The van der Waals surface area contributed by atoms with Crippen LogP contribution in [0.3, 0.4) is 0 Å². The molecule has 2 N–H and O–H groups in total. The van der Waals surface area contributed by atoms with Crippen molar-refractivity contribution in [3.63, 3.8) is 0 Å². The van der Waals surface area contributed by atoms with E-state index in [0.717, 1.165) is 0 Å². The molecule has 0 aromatic heterocycles. The SMILES string of the molecule is CC(C)CO[C@@H]1O[C@H](CO)[C@@H]2OC(C)(C)O[C@@H]2[C@H]1O. The zero-order valence-electron chi connectivity index (χ0n) is 11.9. The molecule has 6 nitrogen and oxygen atoms in total. The van der Waals surface area contributed by atoms with Gasteiger partial charge >= 0.3 is 0 Å². The standard InChI is InChI=1S/C13H24O6/c1-7(2)6-16-12-9(15)11-10(8(5-14)17-12)18-13(3,4)19-11/h7-12,14-15H,5-6H2,1-4H3/t8-,9-,10+,11-,12-/m1/s1. The maximum atomic E-state index is 10.3. The maximum Gasteiger partial charge on any atom is 0.186 e. The van der Waals surface area contributed by atoms with Crippen LogP contribution in [0.5, 0.6) is 0 Å². The second kappa shape index (κ2) is 5.63. The lowest BCUT2D eigenvalue weighted by atomic mass is 9.99. The minimum atomic E-state index is -0.923. The Morgan fingerprint density at radius 2 is 1.84 bits per heavy atom. The molecule has 0 aromatic carbocycles. The predicted molar refractivity (Wildman–Crippen MR) is 66.4 cm³/mol. The van der Waals surface area contributed by atoms with Gasteiger partial charge in [0.1, 0.15) is 24.4 Å². The van der Waals surface area contributed by atoms with Crippen molar-refractivity contribution < 1.29 is 29.2 Å². The number of ether oxygens (including phenoxy) is 4. The van der Waals surface area contributed by atoms with Crippen LogP contribution in [0.4, 0.5) is 0 Å². The Morgan fingerprint density at radius 3 is 2.42 bits per heavy atom. The largest absolute Gasteiger partial charge is 0.394 e. The first-order valence-electron chi connectivity index (χ1n) is 6.75. The summed E-state index contributed by atoms with van der Waals surface area (Å²) in [6, 6.07) is 0. The van der Waals surface area contributed by atoms with E-state index in [1.54, 1.807) is 13.8 Å². The van der Waals surface area contributed by atoms with Crippen molar-refractivity contribution in [2.24, 2.45) is 5.92 Å². The lowest BCUT2D eigenvalue weighted by Gasteiger charge is -2.39. The van der Waals surface area contributed by atoms with Crippen LogP contribution in [0.1, 0.15) is 27.7 Å². The van der Waals surface area contributed by atoms with Gasteiger partial charge in [0, 0.05) is 0 Å². The van der Waals surface area contributed by atoms with E-state index in [1.807, 2.05) is 13.8 Å². The van der Waals surface area contributed by atoms with Crippen molar-refractivity contribution in [1.29, 1.82) is 0 Å². The normalized spacial score (nSPS) is 41.5. The van der Waals surface area contributed by atoms with Crippen LogP contribution in [0.2, 0.25) is 0 Å². The fraction of sp³-hybridized carbons (Fsp3) is 1.00. The van der Waals surface area contributed by atoms with Gasteiger partial charge < -0.3 is 29.2 Å². The molecule has 2 saturated heterocycles. The molecule has 0 radical (unpaired) electrons. The molecule has 2 heterocycles. The molecule has 2 aliphatic heterocycles. The average molecular weight is 276 g/mol. The molecule has 0 saturated carbocycles. The van der Waals surface area contributed by atoms with E-state index in [1.165, 1.54) is 0 Å². The van der Waals surface area contributed by atoms with Crippen LogP contribution in [0.25, 0.3) is 0 Å². The van der Waals surface area contributed by atoms with Crippen molar-refractivity contribution in [3.8, 4) is 0 Å². The molecule has 0 unspecified atom stereocenters. The molecular weight excluding hydrogens is 252 g/mol. The van der Waals surface area contributed by atoms with E-state index in [-0.39, 0.29) is 6.61 Å². The summed E-state index contributed by atoms with van der Waals surface area (Å²) in [6.07, 6.45) is -3.29. The zero-order valence-corrected chi connectivity index (χ0v) is 11.9. The van der Waals surface area contributed by atoms with Crippen molar-refractivity contribution in [3.05, 3.63) is 0 Å². The van der Waals surface area contributed by atoms with Gasteiger partial charge in [0.15, 0.2) is 12.1 Å². The maximum absolute atomic E-state index is 10.3. The van der Waals surface area contributed by atoms with Crippen LogP contribution in [-0.4, -0.2) is 59.9 Å². The molecule has 2 aliphatic rings. The summed E-state index contributed by atoms with van der Waals surface area (Å²) in [5, 5.41) is 19.7. The van der Waals surface area contributed by atoms with E-state index in [4.69, 9.17) is 18.9 Å². The zero-order chi connectivity index (χ0) is 14.2. The van der Waals surface area contributed by atoms with Crippen molar-refractivity contribution >= 4 is 0 Å². The topological polar surface area (TPSA) is 77.4 Å². The summed E-state index contributed by atoms with van der Waals surface area (Å²) in [4.78, 5) is 0. The summed E-state index contributed by atoms with van der Waals surface area (Å²) in [6.45, 7) is 7.85. The molecule has 0 aliphatic carbocycles. The van der Waals surface area contributed by atoms with E-state index >= 15 is 0 Å². The highest BCUT2D eigenvalue weighted by atomic mass is 16.8. The molecule has 112 valence electrons. The Bertz CT molecular complexity index is 306. The highest BCUT2D eigenvalue weighted by molar-refractivity contribution is 4.96. The summed E-state index contributed by atoms with van der Waals surface area (Å²) in [7, 11) is 0. The number of aliphatic hydroxyl groups excluding tert-OH is 2. The molecule has 2 fully saturated rings. The highest BCUT2D eigenvalue weighted by Gasteiger charge is 2.55. The molecule has 0 amide bonds. The third-order valence-electron chi connectivity index (χ3n) is 3.23. The quantitative estimate of drug-likeness (QED) is 0.767. The predicted octanol–water partition coefficient (Wildman–Crippen LogP) is 0.257. The second-order valence-corrected chi connectivity index (χ2v) is 6.01. The van der Waals surface area contributed by atoms with Crippen LogP contribution in [0.15, 0.2) is 0 Å². The number of hydrogen-bond acceptors (Lipinski definition) is 6. The molecule has 6 heteroatoms. The van der Waals surface area contributed by atoms with E-state index in [9.17, 15) is 10.2 Å². The first kappa shape index (κ1) is 15.2. The molecule has 19 heavy (non-hydrogen) atoms. The smallest absolute Gasteiger partial charge is 0.186 e. The van der Waals surface area contributed by atoms with Gasteiger partial charge in [-0.1, -0.05) is 13.8 Å². The summed E-state index contributed by atoms with van der Waals surface area (Å²) < 4.78 is 22.5. The minimum absolute atomic E-state index is 0.200. The first-order valence-corrected chi connectivity index (χ1v) is 6.75. The van der Waals surface area contributed by atoms with Gasteiger partial charge in [0.05, 0.1) is 13.2 Å². The van der Waals surface area contributed by atoms with Gasteiger partial charge in [0.25, 0.3) is 0 Å². The highest BCUT2D eigenvalue weighted by Crippen LogP contribution is 2.37. The monoisotopic (exact) mass is 276 g/mol. The number of hydrogen-bond donors (Lipinski definition) is 2. The number of aliphatic hydroxyl groups is 2. The third kappa shape index (κ3) is 3.26. The fourth-order valence-corrected chi connectivity index (χ4v) is 2.43. The van der Waals surface area contributed by atoms with Crippen LogP contribution < -0.4 is 0 Å².